The standard InChI is InChI=1S/C18H21BrClN/c1-5-21(16-8-9-18(20)13(3)10-16)14(4)15-7-6-12(2)17(19)11-15/h6-11,14H,5H2,1-4H3. The lowest BCUT2D eigenvalue weighted by Crippen LogP contribution is -2.26. The van der Waals surface area contributed by atoms with Gasteiger partial charge in [0.05, 0.1) is 6.04 Å². The Morgan fingerprint density at radius 1 is 1.10 bits per heavy atom. The fourth-order valence-electron chi connectivity index (χ4n) is 2.54. The Balaban J connectivity index is 2.35. The third kappa shape index (κ3) is 3.61. The van der Waals surface area contributed by atoms with Gasteiger partial charge in [-0.3, -0.25) is 0 Å². The van der Waals surface area contributed by atoms with E-state index in [0.29, 0.717) is 6.04 Å². The lowest BCUT2D eigenvalue weighted by molar-refractivity contribution is 0.689. The summed E-state index contributed by atoms with van der Waals surface area (Å²) in [4.78, 5) is 2.39. The van der Waals surface area contributed by atoms with E-state index in [4.69, 9.17) is 11.6 Å². The zero-order valence-corrected chi connectivity index (χ0v) is 15.3. The van der Waals surface area contributed by atoms with Gasteiger partial charge in [-0.05, 0) is 68.7 Å². The van der Waals surface area contributed by atoms with Crippen LogP contribution in [0.25, 0.3) is 0 Å². The van der Waals surface area contributed by atoms with Crippen molar-refractivity contribution < 1.29 is 0 Å². The van der Waals surface area contributed by atoms with Crippen molar-refractivity contribution in [1.29, 1.82) is 0 Å². The molecule has 0 spiro atoms. The molecule has 0 bridgehead atoms. The molecule has 0 saturated carbocycles. The van der Waals surface area contributed by atoms with Gasteiger partial charge in [0.15, 0.2) is 0 Å². The molecule has 0 radical (unpaired) electrons. The van der Waals surface area contributed by atoms with Crippen LogP contribution in [-0.2, 0) is 0 Å². The molecule has 0 saturated heterocycles. The first-order valence-corrected chi connectivity index (χ1v) is 8.40. The third-order valence-electron chi connectivity index (χ3n) is 3.96. The van der Waals surface area contributed by atoms with E-state index in [-0.39, 0.29) is 0 Å². The van der Waals surface area contributed by atoms with E-state index in [1.165, 1.54) is 16.8 Å². The molecule has 0 aromatic heterocycles. The molecule has 0 fully saturated rings. The summed E-state index contributed by atoms with van der Waals surface area (Å²) in [6.07, 6.45) is 0. The highest BCUT2D eigenvalue weighted by Gasteiger charge is 2.16. The maximum Gasteiger partial charge on any atom is 0.0514 e. The lowest BCUT2D eigenvalue weighted by Gasteiger charge is -2.31. The van der Waals surface area contributed by atoms with Gasteiger partial charge in [-0.15, -0.1) is 0 Å². The summed E-state index contributed by atoms with van der Waals surface area (Å²) in [7, 11) is 0. The van der Waals surface area contributed by atoms with Gasteiger partial charge in [0.25, 0.3) is 0 Å². The highest BCUT2D eigenvalue weighted by molar-refractivity contribution is 9.10. The Morgan fingerprint density at radius 3 is 2.38 bits per heavy atom. The van der Waals surface area contributed by atoms with E-state index in [2.05, 4.69) is 71.9 Å². The second-order valence-corrected chi connectivity index (χ2v) is 6.67. The molecule has 0 amide bonds. The van der Waals surface area contributed by atoms with Crippen LogP contribution in [-0.4, -0.2) is 6.54 Å². The molecule has 3 heteroatoms. The summed E-state index contributed by atoms with van der Waals surface area (Å²) in [6, 6.07) is 13.1. The van der Waals surface area contributed by atoms with Gasteiger partial charge in [0.2, 0.25) is 0 Å². The highest BCUT2D eigenvalue weighted by Crippen LogP contribution is 2.31. The second kappa shape index (κ2) is 6.85. The summed E-state index contributed by atoms with van der Waals surface area (Å²) < 4.78 is 1.16. The average molecular weight is 367 g/mol. The zero-order chi connectivity index (χ0) is 15.6. The van der Waals surface area contributed by atoms with Gasteiger partial charge in [-0.25, -0.2) is 0 Å². The van der Waals surface area contributed by atoms with Crippen molar-refractivity contribution in [1.82, 2.24) is 0 Å². The molecule has 1 atom stereocenters. The predicted molar refractivity (Wildman–Crippen MR) is 96.5 cm³/mol. The largest absolute Gasteiger partial charge is 0.365 e. The fraction of sp³-hybridized carbons (Fsp3) is 0.333. The fourth-order valence-corrected chi connectivity index (χ4v) is 3.05. The maximum absolute atomic E-state index is 6.14. The first kappa shape index (κ1) is 16.4. The van der Waals surface area contributed by atoms with Crippen LogP contribution in [0.3, 0.4) is 0 Å². The van der Waals surface area contributed by atoms with Crippen molar-refractivity contribution in [2.24, 2.45) is 0 Å². The van der Waals surface area contributed by atoms with Gasteiger partial charge in [0, 0.05) is 21.7 Å². The van der Waals surface area contributed by atoms with Crippen LogP contribution in [0.1, 0.15) is 36.6 Å². The van der Waals surface area contributed by atoms with E-state index in [0.717, 1.165) is 21.6 Å². The summed E-state index contributed by atoms with van der Waals surface area (Å²) in [6.45, 7) is 9.54. The van der Waals surface area contributed by atoms with Gasteiger partial charge in [-0.2, -0.15) is 0 Å². The molecular weight excluding hydrogens is 346 g/mol. The second-order valence-electron chi connectivity index (χ2n) is 5.40. The zero-order valence-electron chi connectivity index (χ0n) is 13.0. The number of halogens is 2. The van der Waals surface area contributed by atoms with E-state index < -0.39 is 0 Å². The molecular formula is C18H21BrClN. The van der Waals surface area contributed by atoms with Gasteiger partial charge >= 0.3 is 0 Å². The molecule has 2 aromatic carbocycles. The Morgan fingerprint density at radius 2 is 1.81 bits per heavy atom. The van der Waals surface area contributed by atoms with Crippen LogP contribution in [0.5, 0.6) is 0 Å². The summed E-state index contributed by atoms with van der Waals surface area (Å²) in [5.74, 6) is 0. The van der Waals surface area contributed by atoms with Crippen molar-refractivity contribution in [2.45, 2.75) is 33.7 Å². The molecule has 1 nitrogen and oxygen atoms in total. The summed E-state index contributed by atoms with van der Waals surface area (Å²) in [5, 5.41) is 0.820. The normalized spacial score (nSPS) is 12.3. The first-order chi connectivity index (χ1) is 9.93. The maximum atomic E-state index is 6.14. The smallest absolute Gasteiger partial charge is 0.0514 e. The SMILES string of the molecule is CCN(c1ccc(Cl)c(C)c1)C(C)c1ccc(C)c(Br)c1. The van der Waals surface area contributed by atoms with E-state index in [1.54, 1.807) is 0 Å². The Kier molecular flexibility index (Phi) is 5.34. The first-order valence-electron chi connectivity index (χ1n) is 7.23. The van der Waals surface area contributed by atoms with Crippen molar-refractivity contribution in [2.75, 3.05) is 11.4 Å². The minimum Gasteiger partial charge on any atom is -0.365 e. The molecule has 2 rings (SSSR count). The number of anilines is 1. The minimum absolute atomic E-state index is 0.312. The van der Waals surface area contributed by atoms with Gasteiger partial charge in [-0.1, -0.05) is 39.7 Å². The van der Waals surface area contributed by atoms with E-state index in [9.17, 15) is 0 Å². The molecule has 112 valence electrons. The molecule has 0 aliphatic carbocycles. The van der Waals surface area contributed by atoms with Gasteiger partial charge < -0.3 is 4.90 Å². The Bertz CT molecular complexity index is 639. The molecule has 2 aromatic rings. The minimum atomic E-state index is 0.312. The van der Waals surface area contributed by atoms with Crippen LogP contribution < -0.4 is 4.90 Å². The number of nitrogens with zero attached hydrogens (tertiary/aromatic N) is 1. The molecule has 0 N–H and O–H groups in total. The topological polar surface area (TPSA) is 3.24 Å². The lowest BCUT2D eigenvalue weighted by atomic mass is 10.0. The predicted octanol–water partition coefficient (Wildman–Crippen LogP) is 6.31. The number of rotatable bonds is 4. The van der Waals surface area contributed by atoms with Crippen LogP contribution in [0.2, 0.25) is 5.02 Å². The highest BCUT2D eigenvalue weighted by atomic mass is 79.9. The van der Waals surface area contributed by atoms with Crippen molar-refractivity contribution in [3.05, 3.63) is 62.6 Å². The number of hydrogen-bond acceptors (Lipinski definition) is 1. The van der Waals surface area contributed by atoms with Crippen molar-refractivity contribution >= 4 is 33.2 Å². The Labute approximate surface area is 141 Å². The number of hydrogen-bond donors (Lipinski definition) is 0. The molecule has 0 aliphatic rings. The monoisotopic (exact) mass is 365 g/mol. The van der Waals surface area contributed by atoms with Crippen LogP contribution in [0.4, 0.5) is 5.69 Å². The third-order valence-corrected chi connectivity index (χ3v) is 5.24. The molecule has 0 heterocycles. The van der Waals surface area contributed by atoms with Crippen LogP contribution in [0, 0.1) is 13.8 Å². The molecule has 0 aliphatic heterocycles. The van der Waals surface area contributed by atoms with E-state index >= 15 is 0 Å². The molecule has 1 unspecified atom stereocenters. The van der Waals surface area contributed by atoms with Crippen LogP contribution in [0.15, 0.2) is 40.9 Å². The van der Waals surface area contributed by atoms with Crippen molar-refractivity contribution in [3.8, 4) is 0 Å². The van der Waals surface area contributed by atoms with Gasteiger partial charge in [0.1, 0.15) is 0 Å². The van der Waals surface area contributed by atoms with E-state index in [1.807, 2.05) is 13.0 Å². The number of aryl methyl sites for hydroxylation is 2. The number of benzene rings is 2. The summed E-state index contributed by atoms with van der Waals surface area (Å²) in [5.41, 5.74) is 4.90. The molecule has 21 heavy (non-hydrogen) atoms. The average Bonchev–Trinajstić information content (AvgIpc) is 2.46. The van der Waals surface area contributed by atoms with Crippen molar-refractivity contribution in [3.63, 3.8) is 0 Å². The summed E-state index contributed by atoms with van der Waals surface area (Å²) >= 11 is 9.77. The Hall–Kier alpha value is -0.990. The quantitative estimate of drug-likeness (QED) is 0.613. The van der Waals surface area contributed by atoms with Crippen LogP contribution >= 0.6 is 27.5 Å².